The summed E-state index contributed by atoms with van der Waals surface area (Å²) in [5.74, 6) is -1.15. The van der Waals surface area contributed by atoms with Crippen molar-refractivity contribution in [3.63, 3.8) is 0 Å². The lowest BCUT2D eigenvalue weighted by molar-refractivity contribution is -0.153. The van der Waals surface area contributed by atoms with E-state index in [1.165, 1.54) is 29.2 Å². The quantitative estimate of drug-likeness (QED) is 0.437. The first-order valence-corrected chi connectivity index (χ1v) is 9.13. The van der Waals surface area contributed by atoms with Gasteiger partial charge in [-0.1, -0.05) is 12.1 Å². The van der Waals surface area contributed by atoms with Gasteiger partial charge >= 0.3 is 11.6 Å². The molecule has 0 saturated heterocycles. The van der Waals surface area contributed by atoms with E-state index in [1.807, 2.05) is 0 Å². The molecule has 8 heteroatoms. The Morgan fingerprint density at radius 1 is 1.07 bits per heavy atom. The molecule has 156 valence electrons. The fourth-order valence-electron chi connectivity index (χ4n) is 2.78. The van der Waals surface area contributed by atoms with Crippen molar-refractivity contribution < 1.29 is 27.9 Å². The maximum Gasteiger partial charge on any atom is 0.344 e. The summed E-state index contributed by atoms with van der Waals surface area (Å²) in [6.07, 6.45) is 0. The molecule has 0 aliphatic carbocycles. The van der Waals surface area contributed by atoms with Crippen molar-refractivity contribution in [2.75, 3.05) is 20.3 Å². The summed E-state index contributed by atoms with van der Waals surface area (Å²) in [6.45, 7) is 1.21. The highest BCUT2D eigenvalue weighted by atomic mass is 19.1. The van der Waals surface area contributed by atoms with Gasteiger partial charge in [0.15, 0.2) is 13.2 Å². The summed E-state index contributed by atoms with van der Waals surface area (Å²) in [7, 11) is 1.56. The van der Waals surface area contributed by atoms with Gasteiger partial charge in [0.25, 0.3) is 5.91 Å². The largest absolute Gasteiger partial charge is 0.482 e. The van der Waals surface area contributed by atoms with E-state index in [0.717, 1.165) is 16.5 Å². The minimum Gasteiger partial charge on any atom is -0.482 e. The molecule has 0 spiro atoms. The first-order valence-electron chi connectivity index (χ1n) is 9.13. The smallest absolute Gasteiger partial charge is 0.344 e. The summed E-state index contributed by atoms with van der Waals surface area (Å²) in [4.78, 5) is 36.8. The Labute approximate surface area is 171 Å². The van der Waals surface area contributed by atoms with Crippen LogP contribution < -0.4 is 10.4 Å². The molecule has 0 fully saturated rings. The maximum atomic E-state index is 12.9. The van der Waals surface area contributed by atoms with Crippen molar-refractivity contribution >= 4 is 22.8 Å². The molecular weight excluding hydrogens is 393 g/mol. The van der Waals surface area contributed by atoms with Crippen molar-refractivity contribution in [1.29, 1.82) is 0 Å². The minimum absolute atomic E-state index is 0.259. The predicted octanol–water partition coefficient (Wildman–Crippen LogP) is 2.82. The predicted molar refractivity (Wildman–Crippen MR) is 107 cm³/mol. The third-order valence-corrected chi connectivity index (χ3v) is 4.39. The van der Waals surface area contributed by atoms with E-state index in [2.05, 4.69) is 0 Å². The Kier molecular flexibility index (Phi) is 6.46. The molecule has 3 aromatic rings. The SMILES string of the molecule is Cc1cc(=O)oc2cc(OCC(=O)OCC(=O)N(C)Cc3ccc(F)cc3)ccc12. The molecule has 0 aliphatic rings. The summed E-state index contributed by atoms with van der Waals surface area (Å²) in [5.41, 5.74) is 1.40. The molecule has 0 N–H and O–H groups in total. The van der Waals surface area contributed by atoms with Gasteiger partial charge in [-0.2, -0.15) is 0 Å². The summed E-state index contributed by atoms with van der Waals surface area (Å²) >= 11 is 0. The Balaban J connectivity index is 1.48. The standard InChI is InChI=1S/C22H20FNO6/c1-14-9-21(26)30-19-10-17(7-8-18(14)19)28-13-22(27)29-12-20(25)24(2)11-15-3-5-16(23)6-4-15/h3-10H,11-13H2,1-2H3. The molecule has 0 radical (unpaired) electrons. The van der Waals surface area contributed by atoms with Gasteiger partial charge in [-0.05, 0) is 42.3 Å². The fraction of sp³-hybridized carbons (Fsp3) is 0.227. The second kappa shape index (κ2) is 9.21. The van der Waals surface area contributed by atoms with Gasteiger partial charge in [0.05, 0.1) is 0 Å². The van der Waals surface area contributed by atoms with Crippen LogP contribution in [0.3, 0.4) is 0 Å². The molecule has 0 atom stereocenters. The summed E-state index contributed by atoms with van der Waals surface area (Å²) in [6, 6.07) is 12.0. The van der Waals surface area contributed by atoms with Crippen LogP contribution in [0.1, 0.15) is 11.1 Å². The molecule has 0 aliphatic heterocycles. The van der Waals surface area contributed by atoms with Crippen molar-refractivity contribution in [3.8, 4) is 5.75 Å². The summed E-state index contributed by atoms with van der Waals surface area (Å²) < 4.78 is 28.4. The number of aryl methyl sites for hydroxylation is 1. The van der Waals surface area contributed by atoms with E-state index in [-0.39, 0.29) is 12.4 Å². The van der Waals surface area contributed by atoms with E-state index in [4.69, 9.17) is 13.9 Å². The number of likely N-dealkylation sites (N-methyl/N-ethyl adjacent to an activating group) is 1. The number of hydrogen-bond donors (Lipinski definition) is 0. The van der Waals surface area contributed by atoms with E-state index < -0.39 is 30.7 Å². The highest BCUT2D eigenvalue weighted by molar-refractivity contribution is 5.82. The van der Waals surface area contributed by atoms with Crippen LogP contribution in [-0.2, 0) is 20.9 Å². The number of hydrogen-bond acceptors (Lipinski definition) is 6. The van der Waals surface area contributed by atoms with Crippen molar-refractivity contribution in [2.45, 2.75) is 13.5 Å². The van der Waals surface area contributed by atoms with Crippen LogP contribution in [-0.4, -0.2) is 37.0 Å². The van der Waals surface area contributed by atoms with Gasteiger partial charge in [-0.15, -0.1) is 0 Å². The average molecular weight is 413 g/mol. The zero-order chi connectivity index (χ0) is 21.7. The molecule has 30 heavy (non-hydrogen) atoms. The maximum absolute atomic E-state index is 12.9. The van der Waals surface area contributed by atoms with Crippen LogP contribution in [0, 0.1) is 12.7 Å². The molecular formula is C22H20FNO6. The van der Waals surface area contributed by atoms with Gasteiger partial charge < -0.3 is 18.8 Å². The lowest BCUT2D eigenvalue weighted by atomic mass is 10.1. The number of esters is 1. The van der Waals surface area contributed by atoms with Gasteiger partial charge in [-0.25, -0.2) is 14.0 Å². The van der Waals surface area contributed by atoms with Gasteiger partial charge in [-0.3, -0.25) is 4.79 Å². The normalized spacial score (nSPS) is 10.6. The number of benzene rings is 2. The van der Waals surface area contributed by atoms with Crippen LogP contribution in [0.15, 0.2) is 57.7 Å². The Bertz CT molecular complexity index is 1120. The second-order valence-corrected chi connectivity index (χ2v) is 6.73. The molecule has 2 aromatic carbocycles. The number of amides is 1. The van der Waals surface area contributed by atoms with Crippen LogP contribution in [0.2, 0.25) is 0 Å². The van der Waals surface area contributed by atoms with Crippen LogP contribution >= 0.6 is 0 Å². The van der Waals surface area contributed by atoms with Crippen LogP contribution in [0.25, 0.3) is 11.0 Å². The lowest BCUT2D eigenvalue weighted by Crippen LogP contribution is -2.31. The molecule has 3 rings (SSSR count). The van der Waals surface area contributed by atoms with Crippen molar-refractivity contribution in [2.24, 2.45) is 0 Å². The first kappa shape index (κ1) is 21.0. The number of halogens is 1. The van der Waals surface area contributed by atoms with Gasteiger partial charge in [0.2, 0.25) is 0 Å². The highest BCUT2D eigenvalue weighted by Gasteiger charge is 2.13. The number of nitrogens with zero attached hydrogens (tertiary/aromatic N) is 1. The zero-order valence-corrected chi connectivity index (χ0v) is 16.5. The number of ether oxygens (including phenoxy) is 2. The second-order valence-electron chi connectivity index (χ2n) is 6.73. The number of rotatable bonds is 7. The van der Waals surface area contributed by atoms with E-state index in [0.29, 0.717) is 11.3 Å². The number of carbonyl (C=O) groups excluding carboxylic acids is 2. The minimum atomic E-state index is -0.718. The Morgan fingerprint density at radius 3 is 2.53 bits per heavy atom. The van der Waals surface area contributed by atoms with E-state index in [1.54, 1.807) is 38.2 Å². The summed E-state index contributed by atoms with van der Waals surface area (Å²) in [5, 5.41) is 0.763. The highest BCUT2D eigenvalue weighted by Crippen LogP contribution is 2.22. The Morgan fingerprint density at radius 2 is 1.80 bits per heavy atom. The molecule has 0 unspecified atom stereocenters. The van der Waals surface area contributed by atoms with Crippen molar-refractivity contribution in [3.05, 3.63) is 75.9 Å². The Hall–Kier alpha value is -3.68. The van der Waals surface area contributed by atoms with E-state index in [9.17, 15) is 18.8 Å². The number of fused-ring (bicyclic) bond motifs is 1. The van der Waals surface area contributed by atoms with E-state index >= 15 is 0 Å². The van der Waals surface area contributed by atoms with Gasteiger partial charge in [0.1, 0.15) is 17.1 Å². The molecule has 1 aromatic heterocycles. The van der Waals surface area contributed by atoms with Gasteiger partial charge in [0, 0.05) is 31.1 Å². The molecule has 1 amide bonds. The monoisotopic (exact) mass is 413 g/mol. The van der Waals surface area contributed by atoms with Crippen molar-refractivity contribution in [1.82, 2.24) is 4.90 Å². The fourth-order valence-corrected chi connectivity index (χ4v) is 2.78. The topological polar surface area (TPSA) is 86.0 Å². The molecule has 7 nitrogen and oxygen atoms in total. The first-order chi connectivity index (χ1) is 14.3. The third-order valence-electron chi connectivity index (χ3n) is 4.39. The third kappa shape index (κ3) is 5.44. The van der Waals surface area contributed by atoms with Crippen LogP contribution in [0.4, 0.5) is 4.39 Å². The number of carbonyl (C=O) groups is 2. The lowest BCUT2D eigenvalue weighted by Gasteiger charge is -2.17. The average Bonchev–Trinajstić information content (AvgIpc) is 2.71. The molecule has 0 bridgehead atoms. The van der Waals surface area contributed by atoms with Crippen LogP contribution in [0.5, 0.6) is 5.75 Å². The zero-order valence-electron chi connectivity index (χ0n) is 16.5. The molecule has 0 saturated carbocycles. The molecule has 1 heterocycles.